The molecule has 1 aliphatic rings. The molecule has 0 atom stereocenters. The van der Waals surface area contributed by atoms with Crippen molar-refractivity contribution >= 4 is 28.2 Å². The summed E-state index contributed by atoms with van der Waals surface area (Å²) in [5, 5.41) is 3.49. The normalized spacial score (nSPS) is 13.4. The van der Waals surface area contributed by atoms with E-state index < -0.39 is 5.97 Å². The van der Waals surface area contributed by atoms with E-state index in [-0.39, 0.29) is 18.4 Å². The van der Waals surface area contributed by atoms with Gasteiger partial charge in [-0.1, -0.05) is 12.1 Å². The quantitative estimate of drug-likeness (QED) is 0.783. The van der Waals surface area contributed by atoms with E-state index in [1.807, 2.05) is 31.2 Å². The highest BCUT2D eigenvalue weighted by Gasteiger charge is 2.32. The molecule has 25 heavy (non-hydrogen) atoms. The lowest BCUT2D eigenvalue weighted by atomic mass is 10.0. The molecule has 1 aliphatic carbocycles. The Morgan fingerprint density at radius 1 is 1.24 bits per heavy atom. The van der Waals surface area contributed by atoms with Crippen molar-refractivity contribution in [1.82, 2.24) is 0 Å². The maximum atomic E-state index is 12.6. The van der Waals surface area contributed by atoms with E-state index >= 15 is 0 Å². The third kappa shape index (κ3) is 3.69. The molecule has 0 radical (unpaired) electrons. The first kappa shape index (κ1) is 17.5. The van der Waals surface area contributed by atoms with Gasteiger partial charge in [-0.25, -0.2) is 4.79 Å². The van der Waals surface area contributed by atoms with Gasteiger partial charge in [0.1, 0.15) is 16.3 Å². The number of amides is 1. The number of carbonyl (C=O) groups excluding carboxylic acids is 2. The van der Waals surface area contributed by atoms with Crippen LogP contribution in [0.1, 0.15) is 35.0 Å². The summed E-state index contributed by atoms with van der Waals surface area (Å²) >= 11 is 1.41. The summed E-state index contributed by atoms with van der Waals surface area (Å²) < 4.78 is 10.4. The van der Waals surface area contributed by atoms with E-state index in [1.165, 1.54) is 11.3 Å². The van der Waals surface area contributed by atoms with Crippen molar-refractivity contribution < 1.29 is 19.1 Å². The lowest BCUT2D eigenvalue weighted by Gasteiger charge is -2.09. The second kappa shape index (κ2) is 7.27. The van der Waals surface area contributed by atoms with Crippen LogP contribution < -0.4 is 10.1 Å². The highest BCUT2D eigenvalue weighted by Crippen LogP contribution is 2.42. The Morgan fingerprint density at radius 2 is 1.92 bits per heavy atom. The second-order valence-corrected chi connectivity index (χ2v) is 7.17. The molecular weight excluding hydrogens is 338 g/mol. The van der Waals surface area contributed by atoms with Gasteiger partial charge in [-0.15, -0.1) is 11.3 Å². The van der Waals surface area contributed by atoms with Crippen LogP contribution in [0.15, 0.2) is 24.3 Å². The van der Waals surface area contributed by atoms with Gasteiger partial charge in [-0.05, 0) is 44.4 Å². The molecule has 1 saturated carbocycles. The smallest absolute Gasteiger partial charge is 0.341 e. The van der Waals surface area contributed by atoms with Crippen molar-refractivity contribution in [2.75, 3.05) is 19.0 Å². The lowest BCUT2D eigenvalue weighted by Crippen LogP contribution is -2.15. The number of methoxy groups -OCH3 is 1. The fourth-order valence-electron chi connectivity index (χ4n) is 2.70. The Morgan fingerprint density at radius 3 is 2.48 bits per heavy atom. The van der Waals surface area contributed by atoms with E-state index in [9.17, 15) is 9.59 Å². The third-order valence-corrected chi connectivity index (χ3v) is 5.15. The zero-order valence-corrected chi connectivity index (χ0v) is 15.4. The van der Waals surface area contributed by atoms with Crippen LogP contribution in [0.3, 0.4) is 0 Å². The first-order chi connectivity index (χ1) is 12.0. The van der Waals surface area contributed by atoms with Gasteiger partial charge in [-0.2, -0.15) is 0 Å². The number of aryl methyl sites for hydroxylation is 1. The summed E-state index contributed by atoms with van der Waals surface area (Å²) in [5.74, 6) is 0.385. The van der Waals surface area contributed by atoms with Gasteiger partial charge in [0.15, 0.2) is 0 Å². The number of rotatable bonds is 6. The molecule has 1 heterocycles. The lowest BCUT2D eigenvalue weighted by molar-refractivity contribution is -0.117. The molecule has 0 unspecified atom stereocenters. The SMILES string of the molecule is CCOC(=O)c1c(NC(=O)C2CC2)sc(C)c1-c1ccc(OC)cc1. The topological polar surface area (TPSA) is 64.6 Å². The second-order valence-electron chi connectivity index (χ2n) is 5.95. The molecule has 0 saturated heterocycles. The van der Waals surface area contributed by atoms with Gasteiger partial charge < -0.3 is 14.8 Å². The third-order valence-electron chi connectivity index (χ3n) is 4.13. The Kier molecular flexibility index (Phi) is 5.08. The molecule has 1 N–H and O–H groups in total. The number of thiophene rings is 1. The van der Waals surface area contributed by atoms with E-state index in [4.69, 9.17) is 9.47 Å². The summed E-state index contributed by atoms with van der Waals surface area (Å²) in [6.07, 6.45) is 1.83. The first-order valence-electron chi connectivity index (χ1n) is 8.31. The van der Waals surface area contributed by atoms with Crippen LogP contribution in [0.25, 0.3) is 11.1 Å². The molecule has 0 bridgehead atoms. The molecule has 1 fully saturated rings. The maximum Gasteiger partial charge on any atom is 0.341 e. The van der Waals surface area contributed by atoms with Crippen molar-refractivity contribution in [3.05, 3.63) is 34.7 Å². The number of carbonyl (C=O) groups is 2. The number of ether oxygens (including phenoxy) is 2. The Balaban J connectivity index is 2.03. The molecular formula is C19H21NO4S. The van der Waals surface area contributed by atoms with Gasteiger partial charge in [0.25, 0.3) is 0 Å². The predicted octanol–water partition coefficient (Wildman–Crippen LogP) is 4.26. The summed E-state index contributed by atoms with van der Waals surface area (Å²) in [6, 6.07) is 7.51. The molecule has 132 valence electrons. The molecule has 2 aromatic rings. The van der Waals surface area contributed by atoms with Crippen molar-refractivity contribution in [1.29, 1.82) is 0 Å². The van der Waals surface area contributed by atoms with Gasteiger partial charge in [0.2, 0.25) is 5.91 Å². The molecule has 5 nitrogen and oxygen atoms in total. The van der Waals surface area contributed by atoms with E-state index in [1.54, 1.807) is 14.0 Å². The molecule has 6 heteroatoms. The van der Waals surface area contributed by atoms with Gasteiger partial charge >= 0.3 is 5.97 Å². The van der Waals surface area contributed by atoms with Crippen molar-refractivity contribution in [2.45, 2.75) is 26.7 Å². The monoisotopic (exact) mass is 359 g/mol. The number of benzene rings is 1. The predicted molar refractivity (Wildman–Crippen MR) is 98.4 cm³/mol. The van der Waals surface area contributed by atoms with E-state index in [0.29, 0.717) is 10.6 Å². The average Bonchev–Trinajstić information content (AvgIpc) is 3.40. The number of hydrogen-bond donors (Lipinski definition) is 1. The summed E-state index contributed by atoms with van der Waals surface area (Å²) in [5.41, 5.74) is 2.13. The average molecular weight is 359 g/mol. The zero-order valence-electron chi connectivity index (χ0n) is 14.5. The summed E-state index contributed by atoms with van der Waals surface area (Å²) in [4.78, 5) is 25.7. The standard InChI is InChI=1S/C19H21NO4S/c1-4-24-19(22)16-15(12-7-9-14(23-3)10-8-12)11(2)25-18(16)20-17(21)13-5-6-13/h7-10,13H,4-6H2,1-3H3,(H,20,21). The Hall–Kier alpha value is -2.34. The minimum atomic E-state index is -0.413. The molecule has 1 aromatic heterocycles. The van der Waals surface area contributed by atoms with Gasteiger partial charge in [0, 0.05) is 16.4 Å². The highest BCUT2D eigenvalue weighted by molar-refractivity contribution is 7.17. The van der Waals surface area contributed by atoms with Crippen molar-refractivity contribution in [3.63, 3.8) is 0 Å². The Bertz CT molecular complexity index is 791. The van der Waals surface area contributed by atoms with Crippen LogP contribution in [0.4, 0.5) is 5.00 Å². The molecule has 0 aliphatic heterocycles. The van der Waals surface area contributed by atoms with Crippen LogP contribution in [0.2, 0.25) is 0 Å². The molecule has 1 aromatic carbocycles. The largest absolute Gasteiger partial charge is 0.497 e. The molecule has 0 spiro atoms. The molecule has 1 amide bonds. The number of esters is 1. The highest BCUT2D eigenvalue weighted by atomic mass is 32.1. The minimum Gasteiger partial charge on any atom is -0.497 e. The van der Waals surface area contributed by atoms with Crippen LogP contribution in [-0.4, -0.2) is 25.6 Å². The minimum absolute atomic E-state index is 0.0203. The van der Waals surface area contributed by atoms with Crippen LogP contribution >= 0.6 is 11.3 Å². The van der Waals surface area contributed by atoms with Crippen molar-refractivity contribution in [2.24, 2.45) is 5.92 Å². The van der Waals surface area contributed by atoms with Crippen LogP contribution in [0, 0.1) is 12.8 Å². The number of hydrogen-bond acceptors (Lipinski definition) is 5. The van der Waals surface area contributed by atoms with E-state index in [2.05, 4.69) is 5.32 Å². The zero-order chi connectivity index (χ0) is 18.0. The van der Waals surface area contributed by atoms with Crippen molar-refractivity contribution in [3.8, 4) is 16.9 Å². The molecule has 3 rings (SSSR count). The number of nitrogens with one attached hydrogen (secondary N) is 1. The number of anilines is 1. The Labute approximate surface area is 151 Å². The van der Waals surface area contributed by atoms with E-state index in [0.717, 1.165) is 34.6 Å². The first-order valence-corrected chi connectivity index (χ1v) is 9.12. The summed E-state index contributed by atoms with van der Waals surface area (Å²) in [7, 11) is 1.61. The van der Waals surface area contributed by atoms with Crippen LogP contribution in [0.5, 0.6) is 5.75 Å². The fraction of sp³-hybridized carbons (Fsp3) is 0.368. The summed E-state index contributed by atoms with van der Waals surface area (Å²) in [6.45, 7) is 4.00. The van der Waals surface area contributed by atoms with Gasteiger partial charge in [0.05, 0.1) is 13.7 Å². The van der Waals surface area contributed by atoms with Gasteiger partial charge in [-0.3, -0.25) is 4.79 Å². The van der Waals surface area contributed by atoms with Crippen LogP contribution in [-0.2, 0) is 9.53 Å². The fourth-order valence-corrected chi connectivity index (χ4v) is 3.76. The maximum absolute atomic E-state index is 12.6.